The minimum Gasteiger partial charge on any atom is -0.497 e. The lowest BCUT2D eigenvalue weighted by Crippen LogP contribution is -2.16. The van der Waals surface area contributed by atoms with Crippen molar-refractivity contribution in [3.63, 3.8) is 0 Å². The molecular formula is C21H22N3O9+. The number of ether oxygens (including phenoxy) is 1. The molecule has 0 saturated carbocycles. The van der Waals surface area contributed by atoms with Crippen molar-refractivity contribution >= 4 is 16.7 Å². The zero-order valence-electron chi connectivity index (χ0n) is 17.9. The summed E-state index contributed by atoms with van der Waals surface area (Å²) in [5, 5.41) is 19.5. The third-order valence-electron chi connectivity index (χ3n) is 4.10. The van der Waals surface area contributed by atoms with Gasteiger partial charge in [0.1, 0.15) is 17.3 Å². The van der Waals surface area contributed by atoms with E-state index in [0.717, 1.165) is 5.75 Å². The summed E-state index contributed by atoms with van der Waals surface area (Å²) in [6, 6.07) is 17.0. The summed E-state index contributed by atoms with van der Waals surface area (Å²) >= 11 is 0. The molecule has 0 unspecified atom stereocenters. The lowest BCUT2D eigenvalue weighted by atomic mass is 10.1. The first kappa shape index (κ1) is 24.8. The largest absolute Gasteiger partial charge is 0.497 e. The number of carboxylic acids is 1. The molecule has 0 bridgehead atoms. The van der Waals surface area contributed by atoms with Crippen LogP contribution in [-0.2, 0) is 32.5 Å². The summed E-state index contributed by atoms with van der Waals surface area (Å²) in [6.45, 7) is 0.648. The van der Waals surface area contributed by atoms with Crippen molar-refractivity contribution in [2.24, 2.45) is 0 Å². The topological polar surface area (TPSA) is 150 Å². The van der Waals surface area contributed by atoms with E-state index in [1.165, 1.54) is 34.5 Å². The molecule has 12 heteroatoms. The van der Waals surface area contributed by atoms with Crippen LogP contribution in [0.4, 0.5) is 0 Å². The van der Waals surface area contributed by atoms with E-state index in [2.05, 4.69) is 56.8 Å². The van der Waals surface area contributed by atoms with E-state index in [1.807, 2.05) is 6.07 Å². The number of carbonyl (C=O) groups is 1. The van der Waals surface area contributed by atoms with Crippen LogP contribution in [0.15, 0.2) is 54.6 Å². The lowest BCUT2D eigenvalue weighted by Gasteiger charge is -2.04. The Bertz CT molecular complexity index is 1120. The standard InChI is InChI=1S/C12H12O.C9H9N3O8/c1-9-4-3-5-10-8-11(13-2)6-7-12(9)10;13-9(14)6-20-12(17)19-5-8-3-1-2-7(10-8)4-18-11(15)16/h3-8H,1-2H3;1-3H,4-6H2/p+1. The molecule has 0 aliphatic heterocycles. The van der Waals surface area contributed by atoms with Crippen molar-refractivity contribution in [3.05, 3.63) is 86.6 Å². The molecule has 12 nitrogen and oxygen atoms in total. The first-order chi connectivity index (χ1) is 15.8. The van der Waals surface area contributed by atoms with Gasteiger partial charge in [-0.3, -0.25) is 4.98 Å². The van der Waals surface area contributed by atoms with Crippen LogP contribution >= 0.6 is 0 Å². The van der Waals surface area contributed by atoms with Gasteiger partial charge >= 0.3 is 11.1 Å². The molecular weight excluding hydrogens is 438 g/mol. The van der Waals surface area contributed by atoms with Crippen LogP contribution in [-0.4, -0.2) is 39.9 Å². The van der Waals surface area contributed by atoms with Gasteiger partial charge in [-0.25, -0.2) is 4.79 Å². The predicted octanol–water partition coefficient (Wildman–Crippen LogP) is 3.17. The van der Waals surface area contributed by atoms with Gasteiger partial charge in [0.15, 0.2) is 0 Å². The minimum atomic E-state index is -1.33. The normalized spacial score (nSPS) is 9.88. The van der Waals surface area contributed by atoms with E-state index < -0.39 is 17.7 Å². The second-order valence-electron chi connectivity index (χ2n) is 6.44. The number of hydrogen-bond donors (Lipinski definition) is 1. The number of nitrogens with zero attached hydrogens (tertiary/aromatic N) is 3. The average Bonchev–Trinajstić information content (AvgIpc) is 2.80. The van der Waals surface area contributed by atoms with Crippen LogP contribution in [0.3, 0.4) is 0 Å². The minimum absolute atomic E-state index is 0.270. The Morgan fingerprint density at radius 2 is 1.67 bits per heavy atom. The third-order valence-corrected chi connectivity index (χ3v) is 4.10. The first-order valence-electron chi connectivity index (χ1n) is 9.49. The van der Waals surface area contributed by atoms with E-state index in [0.29, 0.717) is 0 Å². The molecule has 0 aliphatic carbocycles. The number of benzene rings is 2. The zero-order valence-corrected chi connectivity index (χ0v) is 17.9. The monoisotopic (exact) mass is 460 g/mol. The fourth-order valence-electron chi connectivity index (χ4n) is 2.62. The molecule has 1 aromatic heterocycles. The van der Waals surface area contributed by atoms with E-state index in [1.54, 1.807) is 7.11 Å². The number of rotatable bonds is 10. The maximum Gasteiger partial charge on any atom is 0.478 e. The summed E-state index contributed by atoms with van der Waals surface area (Å²) in [7, 11) is 1.69. The van der Waals surface area contributed by atoms with Crippen molar-refractivity contribution in [1.29, 1.82) is 0 Å². The molecule has 174 valence electrons. The van der Waals surface area contributed by atoms with Crippen LogP contribution in [0.5, 0.6) is 5.75 Å². The Balaban J connectivity index is 0.000000254. The maximum absolute atomic E-state index is 10.9. The zero-order chi connectivity index (χ0) is 24.2. The molecule has 0 radical (unpaired) electrons. The highest BCUT2D eigenvalue weighted by Crippen LogP contribution is 2.22. The fourth-order valence-corrected chi connectivity index (χ4v) is 2.62. The first-order valence-corrected chi connectivity index (χ1v) is 9.49. The number of aromatic nitrogens is 1. The van der Waals surface area contributed by atoms with E-state index >= 15 is 0 Å². The predicted molar refractivity (Wildman–Crippen MR) is 113 cm³/mol. The Labute approximate surface area is 187 Å². The van der Waals surface area contributed by atoms with Gasteiger partial charge in [0.2, 0.25) is 6.61 Å². The van der Waals surface area contributed by atoms with E-state index in [-0.39, 0.29) is 29.7 Å². The van der Waals surface area contributed by atoms with Gasteiger partial charge in [0.05, 0.1) is 18.5 Å². The highest BCUT2D eigenvalue weighted by atomic mass is 17.0. The van der Waals surface area contributed by atoms with E-state index in [9.17, 15) is 19.8 Å². The van der Waals surface area contributed by atoms with Crippen LogP contribution in [0, 0.1) is 21.9 Å². The summed E-state index contributed by atoms with van der Waals surface area (Å²) in [5.41, 5.74) is 1.86. The fraction of sp³-hybridized carbons (Fsp3) is 0.238. The number of aliphatic carboxylic acids is 1. The Morgan fingerprint density at radius 3 is 2.30 bits per heavy atom. The van der Waals surface area contributed by atoms with Crippen molar-refractivity contribution in [2.75, 3.05) is 13.7 Å². The molecule has 1 N–H and O–H groups in total. The van der Waals surface area contributed by atoms with Crippen molar-refractivity contribution in [1.82, 2.24) is 4.98 Å². The molecule has 0 amide bonds. The summed E-state index contributed by atoms with van der Waals surface area (Å²) in [5.74, 6) is -0.412. The summed E-state index contributed by atoms with van der Waals surface area (Å²) in [4.78, 5) is 47.7. The number of carboxylic acid groups (broad SMARTS) is 1. The van der Waals surface area contributed by atoms with Gasteiger partial charge < -0.3 is 14.7 Å². The van der Waals surface area contributed by atoms with Gasteiger partial charge in [-0.1, -0.05) is 30.3 Å². The smallest absolute Gasteiger partial charge is 0.478 e. The SMILES string of the molecule is COc1ccc2c(C)cccc2c1.O=C(O)CO[N+](=O)OCc1cccc(CO[N+](=O)[O-])n1. The maximum atomic E-state index is 10.9. The summed E-state index contributed by atoms with van der Waals surface area (Å²) < 4.78 is 5.16. The number of hydrogen-bond acceptors (Lipinski definition) is 9. The quantitative estimate of drug-likeness (QED) is 0.353. The van der Waals surface area contributed by atoms with Gasteiger partial charge in [-0.15, -0.1) is 10.1 Å². The molecule has 0 saturated heterocycles. The molecule has 0 aliphatic rings. The molecule has 1 heterocycles. The average molecular weight is 460 g/mol. The van der Waals surface area contributed by atoms with Gasteiger partial charge in [-0.2, -0.15) is 9.68 Å². The molecule has 3 aromatic rings. The Hall–Kier alpha value is -4.48. The third kappa shape index (κ3) is 8.65. The summed E-state index contributed by atoms with van der Waals surface area (Å²) in [6.07, 6.45) is 0. The second-order valence-corrected chi connectivity index (χ2v) is 6.44. The molecule has 3 rings (SSSR count). The molecule has 0 fully saturated rings. The van der Waals surface area contributed by atoms with Gasteiger partial charge in [0.25, 0.3) is 11.7 Å². The second kappa shape index (κ2) is 12.4. The van der Waals surface area contributed by atoms with Gasteiger partial charge in [-0.05, 0) is 47.5 Å². The van der Waals surface area contributed by atoms with Crippen LogP contribution in [0.1, 0.15) is 17.0 Å². The molecule has 0 spiro atoms. The number of pyridine rings is 1. The highest BCUT2D eigenvalue weighted by molar-refractivity contribution is 5.86. The van der Waals surface area contributed by atoms with Crippen molar-refractivity contribution in [3.8, 4) is 5.75 Å². The van der Waals surface area contributed by atoms with Crippen molar-refractivity contribution < 1.29 is 39.3 Å². The van der Waals surface area contributed by atoms with Crippen molar-refractivity contribution in [2.45, 2.75) is 20.1 Å². The molecule has 2 aromatic carbocycles. The highest BCUT2D eigenvalue weighted by Gasteiger charge is 2.16. The van der Waals surface area contributed by atoms with Crippen LogP contribution in [0.25, 0.3) is 10.8 Å². The van der Waals surface area contributed by atoms with Gasteiger partial charge in [0, 0.05) is 0 Å². The number of aryl methyl sites for hydroxylation is 1. The lowest BCUT2D eigenvalue weighted by molar-refractivity contribution is -0.983. The number of methoxy groups -OCH3 is 1. The Kier molecular flexibility index (Phi) is 9.31. The van der Waals surface area contributed by atoms with Crippen LogP contribution < -0.4 is 4.74 Å². The number of fused-ring (bicyclic) bond motifs is 1. The molecule has 0 atom stereocenters. The Morgan fingerprint density at radius 1 is 1.00 bits per heavy atom. The van der Waals surface area contributed by atoms with E-state index in [4.69, 9.17) is 9.84 Å². The molecule has 33 heavy (non-hydrogen) atoms. The van der Waals surface area contributed by atoms with Crippen LogP contribution in [0.2, 0.25) is 0 Å².